The maximum atomic E-state index is 12.7. The van der Waals surface area contributed by atoms with Crippen molar-refractivity contribution in [1.29, 1.82) is 0 Å². The summed E-state index contributed by atoms with van der Waals surface area (Å²) in [6, 6.07) is 11.7. The molecule has 1 fully saturated rings. The molecule has 2 aromatic rings. The highest BCUT2D eigenvalue weighted by Gasteiger charge is 2.30. The van der Waals surface area contributed by atoms with Gasteiger partial charge in [0.05, 0.1) is 9.77 Å². The van der Waals surface area contributed by atoms with Crippen LogP contribution in [0.25, 0.3) is 0 Å². The molecule has 7 heteroatoms. The Morgan fingerprint density at radius 1 is 1.17 bits per heavy atom. The molecule has 1 aliphatic heterocycles. The molecule has 1 N–H and O–H groups in total. The van der Waals surface area contributed by atoms with Crippen LogP contribution in [0.15, 0.2) is 51.6 Å². The maximum absolute atomic E-state index is 12.7. The van der Waals surface area contributed by atoms with Crippen molar-refractivity contribution in [1.82, 2.24) is 10.2 Å². The van der Waals surface area contributed by atoms with Gasteiger partial charge in [0.15, 0.2) is 0 Å². The largest absolute Gasteiger partial charge is 0.332 e. The van der Waals surface area contributed by atoms with Crippen LogP contribution in [0, 0.1) is 0 Å². The molecule has 1 aliphatic rings. The molecule has 1 aromatic heterocycles. The Labute approximate surface area is 146 Å². The Morgan fingerprint density at radius 2 is 1.88 bits per heavy atom. The smallest absolute Gasteiger partial charge is 0.264 e. The molecule has 3 rings (SSSR count). The van der Waals surface area contributed by atoms with E-state index in [4.69, 9.17) is 0 Å². The molecular weight excluding hydrogens is 344 g/mol. The molecule has 24 heavy (non-hydrogen) atoms. The van der Waals surface area contributed by atoms with Gasteiger partial charge >= 0.3 is 0 Å². The number of amides is 1. The van der Waals surface area contributed by atoms with E-state index in [2.05, 4.69) is 5.32 Å². The minimum Gasteiger partial charge on any atom is -0.332 e. The van der Waals surface area contributed by atoms with E-state index in [0.29, 0.717) is 11.4 Å². The number of nitrogens with one attached hydrogen (secondary N) is 1. The van der Waals surface area contributed by atoms with E-state index in [1.54, 1.807) is 36.4 Å². The zero-order valence-corrected chi connectivity index (χ0v) is 15.2. The topological polar surface area (TPSA) is 66.5 Å². The average molecular weight is 364 g/mol. The number of thiophene rings is 1. The first-order valence-corrected chi connectivity index (χ1v) is 10.2. The van der Waals surface area contributed by atoms with Crippen LogP contribution in [0.1, 0.15) is 23.5 Å². The van der Waals surface area contributed by atoms with Crippen LogP contribution in [-0.4, -0.2) is 44.4 Å². The Morgan fingerprint density at radius 3 is 2.58 bits per heavy atom. The lowest BCUT2D eigenvalue weighted by molar-refractivity contribution is 0.0608. The number of carbonyl (C=O) groups excluding carboxylic acids is 1. The van der Waals surface area contributed by atoms with Crippen molar-refractivity contribution in [2.75, 3.05) is 13.1 Å². The number of carbonyl (C=O) groups is 1. The standard InChI is InChI=1S/C17H20N2O3S2/c1-12-13(2)19(11-10-18-12)17(20)15-8-9-16(23-15)24(21,22)14-6-4-3-5-7-14/h3-9,12-13,18H,10-11H2,1-2H3. The van der Waals surface area contributed by atoms with Gasteiger partial charge in [-0.3, -0.25) is 4.79 Å². The lowest BCUT2D eigenvalue weighted by Gasteiger charge is -2.38. The first-order chi connectivity index (χ1) is 11.4. The fraction of sp³-hybridized carbons (Fsp3) is 0.353. The Kier molecular flexibility index (Phi) is 4.76. The number of piperazine rings is 1. The average Bonchev–Trinajstić information content (AvgIpc) is 3.08. The van der Waals surface area contributed by atoms with Crippen molar-refractivity contribution in [3.8, 4) is 0 Å². The molecular formula is C17H20N2O3S2. The molecule has 2 heterocycles. The molecule has 1 amide bonds. The summed E-state index contributed by atoms with van der Waals surface area (Å²) in [5, 5.41) is 3.33. The molecule has 1 saturated heterocycles. The van der Waals surface area contributed by atoms with E-state index in [1.807, 2.05) is 18.7 Å². The van der Waals surface area contributed by atoms with E-state index < -0.39 is 9.84 Å². The third-order valence-corrected chi connectivity index (χ3v) is 7.74. The Hall–Kier alpha value is -1.70. The van der Waals surface area contributed by atoms with E-state index in [0.717, 1.165) is 17.9 Å². The van der Waals surface area contributed by atoms with Crippen LogP contribution < -0.4 is 5.32 Å². The molecule has 0 aliphatic carbocycles. The first-order valence-electron chi connectivity index (χ1n) is 7.85. The second-order valence-electron chi connectivity index (χ2n) is 5.92. The van der Waals surface area contributed by atoms with Gasteiger partial charge in [-0.1, -0.05) is 18.2 Å². The lowest BCUT2D eigenvalue weighted by atomic mass is 10.1. The van der Waals surface area contributed by atoms with Crippen molar-refractivity contribution in [2.24, 2.45) is 0 Å². The molecule has 0 radical (unpaired) electrons. The van der Waals surface area contributed by atoms with Crippen LogP contribution >= 0.6 is 11.3 Å². The van der Waals surface area contributed by atoms with Crippen molar-refractivity contribution in [3.63, 3.8) is 0 Å². The number of hydrogen-bond acceptors (Lipinski definition) is 5. The van der Waals surface area contributed by atoms with Crippen molar-refractivity contribution >= 4 is 27.1 Å². The summed E-state index contributed by atoms with van der Waals surface area (Å²) in [6.07, 6.45) is 0. The van der Waals surface area contributed by atoms with E-state index in [-0.39, 0.29) is 27.1 Å². The normalized spacial score (nSPS) is 21.7. The first kappa shape index (κ1) is 17.1. The van der Waals surface area contributed by atoms with Crippen LogP contribution in [0.5, 0.6) is 0 Å². The molecule has 2 atom stereocenters. The van der Waals surface area contributed by atoms with Gasteiger partial charge in [0.1, 0.15) is 4.21 Å². The van der Waals surface area contributed by atoms with Crippen LogP contribution in [0.2, 0.25) is 0 Å². The van der Waals surface area contributed by atoms with Gasteiger partial charge in [-0.05, 0) is 38.1 Å². The highest BCUT2D eigenvalue weighted by Crippen LogP contribution is 2.29. The molecule has 128 valence electrons. The summed E-state index contributed by atoms with van der Waals surface area (Å²) in [6.45, 7) is 5.43. The summed E-state index contributed by atoms with van der Waals surface area (Å²) >= 11 is 1.04. The van der Waals surface area contributed by atoms with E-state index >= 15 is 0 Å². The number of rotatable bonds is 3. The fourth-order valence-corrected chi connectivity index (χ4v) is 5.47. The van der Waals surface area contributed by atoms with E-state index in [9.17, 15) is 13.2 Å². The van der Waals surface area contributed by atoms with Crippen molar-refractivity contribution in [2.45, 2.75) is 35.0 Å². The predicted octanol–water partition coefficient (Wildman–Crippen LogP) is 2.40. The van der Waals surface area contributed by atoms with Crippen molar-refractivity contribution in [3.05, 3.63) is 47.3 Å². The minimum absolute atomic E-state index is 0.0718. The second-order valence-corrected chi connectivity index (χ2v) is 9.18. The number of benzene rings is 1. The van der Waals surface area contributed by atoms with Gasteiger partial charge < -0.3 is 10.2 Å². The molecule has 1 aromatic carbocycles. The van der Waals surface area contributed by atoms with Crippen LogP contribution in [0.3, 0.4) is 0 Å². The lowest BCUT2D eigenvalue weighted by Crippen LogP contribution is -2.57. The zero-order valence-electron chi connectivity index (χ0n) is 13.6. The van der Waals surface area contributed by atoms with Gasteiger partial charge in [0.2, 0.25) is 9.84 Å². The molecule has 5 nitrogen and oxygen atoms in total. The summed E-state index contributed by atoms with van der Waals surface area (Å²) in [5.74, 6) is -0.102. The SMILES string of the molecule is CC1NCCN(C(=O)c2ccc(S(=O)(=O)c3ccccc3)s2)C1C. The molecule has 0 bridgehead atoms. The highest BCUT2D eigenvalue weighted by atomic mass is 32.2. The van der Waals surface area contributed by atoms with Gasteiger partial charge in [-0.15, -0.1) is 11.3 Å². The van der Waals surface area contributed by atoms with Crippen LogP contribution in [0.4, 0.5) is 0 Å². The second kappa shape index (κ2) is 6.66. The van der Waals surface area contributed by atoms with Gasteiger partial charge in [-0.25, -0.2) is 8.42 Å². The highest BCUT2D eigenvalue weighted by molar-refractivity contribution is 7.93. The van der Waals surface area contributed by atoms with Gasteiger partial charge in [0.25, 0.3) is 5.91 Å². The van der Waals surface area contributed by atoms with Crippen molar-refractivity contribution < 1.29 is 13.2 Å². The van der Waals surface area contributed by atoms with Gasteiger partial charge in [-0.2, -0.15) is 0 Å². The molecule has 0 saturated carbocycles. The van der Waals surface area contributed by atoms with Gasteiger partial charge in [0, 0.05) is 25.2 Å². The minimum atomic E-state index is -3.57. The number of nitrogens with zero attached hydrogens (tertiary/aromatic N) is 1. The predicted molar refractivity (Wildman–Crippen MR) is 94.2 cm³/mol. The third kappa shape index (κ3) is 3.11. The fourth-order valence-electron chi connectivity index (χ4n) is 2.78. The van der Waals surface area contributed by atoms with Crippen LogP contribution in [-0.2, 0) is 9.84 Å². The summed E-state index contributed by atoms with van der Waals surface area (Å²) in [7, 11) is -3.57. The molecule has 0 spiro atoms. The summed E-state index contributed by atoms with van der Waals surface area (Å²) < 4.78 is 25.5. The third-order valence-electron chi connectivity index (χ3n) is 4.41. The van der Waals surface area contributed by atoms with E-state index in [1.165, 1.54) is 6.07 Å². The summed E-state index contributed by atoms with van der Waals surface area (Å²) in [4.78, 5) is 15.3. The number of sulfone groups is 1. The Balaban J connectivity index is 1.87. The zero-order chi connectivity index (χ0) is 17.3. The Bertz CT molecular complexity index is 831. The number of hydrogen-bond donors (Lipinski definition) is 1. The quantitative estimate of drug-likeness (QED) is 0.908. The maximum Gasteiger partial charge on any atom is 0.264 e. The monoisotopic (exact) mass is 364 g/mol. The summed E-state index contributed by atoms with van der Waals surface area (Å²) in [5.41, 5.74) is 0. The molecule has 2 unspecified atom stereocenters.